The summed E-state index contributed by atoms with van der Waals surface area (Å²) in [7, 11) is 0. The molecule has 108 valence electrons. The number of benzene rings is 2. The van der Waals surface area contributed by atoms with Crippen molar-refractivity contribution in [3.63, 3.8) is 0 Å². The van der Waals surface area contributed by atoms with Crippen molar-refractivity contribution in [1.29, 1.82) is 0 Å². The van der Waals surface area contributed by atoms with Crippen molar-refractivity contribution >= 4 is 43.2 Å². The van der Waals surface area contributed by atoms with E-state index in [1.807, 2.05) is 6.07 Å². The highest BCUT2D eigenvalue weighted by Gasteiger charge is 2.30. The molecule has 1 aromatic heterocycles. The van der Waals surface area contributed by atoms with E-state index in [-0.39, 0.29) is 0 Å². The van der Waals surface area contributed by atoms with Crippen molar-refractivity contribution in [2.75, 3.05) is 5.73 Å². The van der Waals surface area contributed by atoms with E-state index in [9.17, 15) is 13.2 Å². The number of nitrogens with zero attached hydrogens (tertiary/aromatic N) is 1. The second-order valence-corrected chi connectivity index (χ2v) is 6.42. The summed E-state index contributed by atoms with van der Waals surface area (Å²) in [5.41, 5.74) is 6.75. The fourth-order valence-electron chi connectivity index (χ4n) is 1.96. The summed E-state index contributed by atoms with van der Waals surface area (Å²) in [6.45, 7) is 0. The third-order valence-electron chi connectivity index (χ3n) is 2.88. The smallest absolute Gasteiger partial charge is 0.399 e. The largest absolute Gasteiger partial charge is 0.416 e. The van der Waals surface area contributed by atoms with E-state index in [2.05, 4.69) is 20.9 Å². The molecule has 2 aromatic carbocycles. The molecule has 1 heterocycles. The quantitative estimate of drug-likeness (QED) is 0.586. The van der Waals surface area contributed by atoms with Gasteiger partial charge in [-0.25, -0.2) is 4.98 Å². The lowest BCUT2D eigenvalue weighted by Gasteiger charge is -2.04. The fourth-order valence-corrected chi connectivity index (χ4v) is 3.41. The standard InChI is InChI=1S/C14H8BrF3N2S/c15-9-3-7(4-10(19)6-9)13-20-11-5-8(14(16,17)18)1-2-12(11)21-13/h1-6H,19H2. The van der Waals surface area contributed by atoms with E-state index in [1.54, 1.807) is 12.1 Å². The first kappa shape index (κ1) is 14.3. The van der Waals surface area contributed by atoms with Gasteiger partial charge < -0.3 is 5.73 Å². The van der Waals surface area contributed by atoms with Crippen molar-refractivity contribution in [3.8, 4) is 10.6 Å². The molecule has 0 aliphatic rings. The number of nitrogen functional groups attached to an aromatic ring is 1. The zero-order valence-corrected chi connectivity index (χ0v) is 12.8. The molecule has 0 aliphatic carbocycles. The summed E-state index contributed by atoms with van der Waals surface area (Å²) in [6, 6.07) is 8.90. The van der Waals surface area contributed by atoms with Gasteiger partial charge >= 0.3 is 6.18 Å². The van der Waals surface area contributed by atoms with Crippen molar-refractivity contribution in [2.45, 2.75) is 6.18 Å². The number of thiazole rings is 1. The van der Waals surface area contributed by atoms with Crippen molar-refractivity contribution in [3.05, 3.63) is 46.4 Å². The molecule has 2 nitrogen and oxygen atoms in total. The number of fused-ring (bicyclic) bond motifs is 1. The van der Waals surface area contributed by atoms with E-state index >= 15 is 0 Å². The Balaban J connectivity index is 2.13. The summed E-state index contributed by atoms with van der Waals surface area (Å²) in [5, 5.41) is 0.636. The van der Waals surface area contributed by atoms with Crippen LogP contribution in [0.3, 0.4) is 0 Å². The number of hydrogen-bond acceptors (Lipinski definition) is 3. The van der Waals surface area contributed by atoms with Crippen LogP contribution in [0.2, 0.25) is 0 Å². The molecule has 0 bridgehead atoms. The normalized spacial score (nSPS) is 12.0. The zero-order valence-electron chi connectivity index (χ0n) is 10.4. The van der Waals surface area contributed by atoms with Gasteiger partial charge in [-0.05, 0) is 36.4 Å². The summed E-state index contributed by atoms with van der Waals surface area (Å²) < 4.78 is 39.6. The molecule has 0 saturated heterocycles. The molecule has 0 spiro atoms. The van der Waals surface area contributed by atoms with Crippen LogP contribution in [0.5, 0.6) is 0 Å². The van der Waals surface area contributed by atoms with Crippen LogP contribution in [0, 0.1) is 0 Å². The van der Waals surface area contributed by atoms with E-state index in [0.29, 0.717) is 20.9 Å². The molecule has 7 heteroatoms. The highest BCUT2D eigenvalue weighted by atomic mass is 79.9. The highest BCUT2D eigenvalue weighted by Crippen LogP contribution is 2.36. The minimum atomic E-state index is -4.36. The first-order valence-corrected chi connectivity index (χ1v) is 7.48. The molecule has 21 heavy (non-hydrogen) atoms. The average Bonchev–Trinajstić information content (AvgIpc) is 2.79. The maximum Gasteiger partial charge on any atom is 0.416 e. The summed E-state index contributed by atoms with van der Waals surface area (Å²) in [6.07, 6.45) is -4.36. The summed E-state index contributed by atoms with van der Waals surface area (Å²) in [4.78, 5) is 4.28. The van der Waals surface area contributed by atoms with Gasteiger partial charge in [0, 0.05) is 15.7 Å². The van der Waals surface area contributed by atoms with Gasteiger partial charge in [-0.2, -0.15) is 13.2 Å². The number of nitrogens with two attached hydrogens (primary N) is 1. The predicted octanol–water partition coefficient (Wildman–Crippen LogP) is 5.33. The molecule has 0 unspecified atom stereocenters. The van der Waals surface area contributed by atoms with Gasteiger partial charge in [-0.15, -0.1) is 11.3 Å². The maximum absolute atomic E-state index is 12.7. The van der Waals surface area contributed by atoms with Crippen LogP contribution in [-0.4, -0.2) is 4.98 Å². The molecule has 0 atom stereocenters. The van der Waals surface area contributed by atoms with Crippen LogP contribution in [0.4, 0.5) is 18.9 Å². The van der Waals surface area contributed by atoms with Gasteiger partial charge in [0.05, 0.1) is 15.8 Å². The van der Waals surface area contributed by atoms with Crippen LogP contribution in [-0.2, 0) is 6.18 Å². The Morgan fingerprint density at radius 1 is 1.10 bits per heavy atom. The number of rotatable bonds is 1. The van der Waals surface area contributed by atoms with Gasteiger partial charge in [0.2, 0.25) is 0 Å². The van der Waals surface area contributed by atoms with Crippen LogP contribution in [0.15, 0.2) is 40.9 Å². The summed E-state index contributed by atoms with van der Waals surface area (Å²) >= 11 is 4.67. The van der Waals surface area contributed by atoms with E-state index in [0.717, 1.165) is 22.2 Å². The van der Waals surface area contributed by atoms with Crippen LogP contribution >= 0.6 is 27.3 Å². The SMILES string of the molecule is Nc1cc(Br)cc(-c2nc3cc(C(F)(F)F)ccc3s2)c1. The molecule has 2 N–H and O–H groups in total. The lowest BCUT2D eigenvalue weighted by Crippen LogP contribution is -2.03. The lowest BCUT2D eigenvalue weighted by atomic mass is 10.2. The molecule has 0 radical (unpaired) electrons. The molecule has 0 saturated carbocycles. The Morgan fingerprint density at radius 3 is 2.52 bits per heavy atom. The Labute approximate surface area is 130 Å². The third-order valence-corrected chi connectivity index (χ3v) is 4.43. The number of halogens is 4. The number of aromatic nitrogens is 1. The third kappa shape index (κ3) is 2.89. The second-order valence-electron chi connectivity index (χ2n) is 4.47. The average molecular weight is 373 g/mol. The predicted molar refractivity (Wildman–Crippen MR) is 82.2 cm³/mol. The summed E-state index contributed by atoms with van der Waals surface area (Å²) in [5.74, 6) is 0. The second kappa shape index (κ2) is 4.99. The van der Waals surface area contributed by atoms with E-state index < -0.39 is 11.7 Å². The Morgan fingerprint density at radius 2 is 1.86 bits per heavy atom. The molecular weight excluding hydrogens is 365 g/mol. The van der Waals surface area contributed by atoms with Crippen molar-refractivity contribution < 1.29 is 13.2 Å². The van der Waals surface area contributed by atoms with E-state index in [1.165, 1.54) is 17.4 Å². The van der Waals surface area contributed by atoms with Gasteiger partial charge in [0.15, 0.2) is 0 Å². The van der Waals surface area contributed by atoms with Gasteiger partial charge in [0.25, 0.3) is 0 Å². The maximum atomic E-state index is 12.7. The molecule has 0 fully saturated rings. The van der Waals surface area contributed by atoms with Gasteiger partial charge in [0.1, 0.15) is 5.01 Å². The highest BCUT2D eigenvalue weighted by molar-refractivity contribution is 9.10. The molecule has 0 amide bonds. The zero-order chi connectivity index (χ0) is 15.2. The van der Waals surface area contributed by atoms with E-state index in [4.69, 9.17) is 5.73 Å². The van der Waals surface area contributed by atoms with Gasteiger partial charge in [-0.3, -0.25) is 0 Å². The number of hydrogen-bond donors (Lipinski definition) is 1. The van der Waals surface area contributed by atoms with Crippen LogP contribution in [0.25, 0.3) is 20.8 Å². The first-order chi connectivity index (χ1) is 9.83. The van der Waals surface area contributed by atoms with Crippen molar-refractivity contribution in [2.24, 2.45) is 0 Å². The molecule has 3 aromatic rings. The monoisotopic (exact) mass is 372 g/mol. The topological polar surface area (TPSA) is 38.9 Å². The Bertz CT molecular complexity index is 806. The first-order valence-electron chi connectivity index (χ1n) is 5.87. The fraction of sp³-hybridized carbons (Fsp3) is 0.0714. The number of alkyl halides is 3. The van der Waals surface area contributed by atoms with Crippen LogP contribution in [0.1, 0.15) is 5.56 Å². The number of anilines is 1. The molecular formula is C14H8BrF3N2S. The van der Waals surface area contributed by atoms with Crippen molar-refractivity contribution in [1.82, 2.24) is 4.98 Å². The minimum Gasteiger partial charge on any atom is -0.399 e. The van der Waals surface area contributed by atoms with Crippen LogP contribution < -0.4 is 5.73 Å². The Kier molecular flexibility index (Phi) is 3.41. The van der Waals surface area contributed by atoms with Gasteiger partial charge in [-0.1, -0.05) is 15.9 Å². The molecule has 3 rings (SSSR count). The Hall–Kier alpha value is -1.60. The lowest BCUT2D eigenvalue weighted by molar-refractivity contribution is -0.137. The minimum absolute atomic E-state index is 0.336. The molecule has 0 aliphatic heterocycles.